The minimum absolute atomic E-state index is 0.0460. The number of benzene rings is 3. The molecule has 1 N–H and O–H groups in total. The molecule has 0 saturated heterocycles. The summed E-state index contributed by atoms with van der Waals surface area (Å²) in [4.78, 5) is 34.6. The van der Waals surface area contributed by atoms with E-state index >= 15 is 0 Å². The number of non-ortho nitro benzene ring substituents is 1. The number of ketones is 1. The summed E-state index contributed by atoms with van der Waals surface area (Å²) in [6, 6.07) is 16.6. The van der Waals surface area contributed by atoms with Gasteiger partial charge in [0.15, 0.2) is 6.61 Å². The number of hydrogen-bond acceptors (Lipinski definition) is 7. The van der Waals surface area contributed by atoms with Crippen LogP contribution in [0, 0.1) is 10.1 Å². The molecule has 0 spiro atoms. The van der Waals surface area contributed by atoms with Gasteiger partial charge in [0.25, 0.3) is 15.7 Å². The number of carbonyl (C=O) groups excluding carboxylic acids is 2. The molecule has 164 valence electrons. The van der Waals surface area contributed by atoms with Crippen LogP contribution in [0.3, 0.4) is 0 Å². The average molecular weight is 519 g/mol. The maximum Gasteiger partial charge on any atom is 0.338 e. The number of carbonyl (C=O) groups is 2. The number of anilines is 1. The summed E-state index contributed by atoms with van der Waals surface area (Å²) < 4.78 is 32.9. The minimum atomic E-state index is -3.80. The second-order valence-electron chi connectivity index (χ2n) is 6.44. The molecule has 32 heavy (non-hydrogen) atoms. The van der Waals surface area contributed by atoms with Crippen LogP contribution >= 0.6 is 15.9 Å². The second-order valence-corrected chi connectivity index (χ2v) is 9.04. The second kappa shape index (κ2) is 9.71. The molecule has 0 aromatic heterocycles. The third kappa shape index (κ3) is 5.77. The summed E-state index contributed by atoms with van der Waals surface area (Å²) in [6.45, 7) is -0.599. The number of esters is 1. The lowest BCUT2D eigenvalue weighted by molar-refractivity contribution is -0.384. The predicted octanol–water partition coefficient (Wildman–Crippen LogP) is 4.20. The Balaban J connectivity index is 1.61. The van der Waals surface area contributed by atoms with Crippen molar-refractivity contribution in [1.82, 2.24) is 0 Å². The average Bonchev–Trinajstić information content (AvgIpc) is 2.78. The fraction of sp³-hybridized carbons (Fsp3) is 0.0476. The highest BCUT2D eigenvalue weighted by Gasteiger charge is 2.16. The molecular weight excluding hydrogens is 504 g/mol. The van der Waals surface area contributed by atoms with Crippen molar-refractivity contribution in [2.45, 2.75) is 4.90 Å². The smallest absolute Gasteiger partial charge is 0.338 e. The zero-order valence-corrected chi connectivity index (χ0v) is 18.6. The molecule has 3 rings (SSSR count). The number of ether oxygens (including phenoxy) is 1. The van der Waals surface area contributed by atoms with Crippen LogP contribution in [0.15, 0.2) is 82.2 Å². The van der Waals surface area contributed by atoms with E-state index in [9.17, 15) is 28.1 Å². The van der Waals surface area contributed by atoms with Gasteiger partial charge in [0, 0.05) is 27.9 Å². The lowest BCUT2D eigenvalue weighted by atomic mass is 10.1. The van der Waals surface area contributed by atoms with Gasteiger partial charge in [-0.05, 0) is 48.5 Å². The highest BCUT2D eigenvalue weighted by Crippen LogP contribution is 2.19. The van der Waals surface area contributed by atoms with Crippen LogP contribution < -0.4 is 4.72 Å². The van der Waals surface area contributed by atoms with Crippen LogP contribution in [0.5, 0.6) is 0 Å². The van der Waals surface area contributed by atoms with Crippen molar-refractivity contribution in [1.29, 1.82) is 0 Å². The highest BCUT2D eigenvalue weighted by atomic mass is 79.9. The van der Waals surface area contributed by atoms with Gasteiger partial charge in [-0.15, -0.1) is 0 Å². The topological polar surface area (TPSA) is 133 Å². The number of nitrogens with zero attached hydrogens (tertiary/aromatic N) is 1. The molecule has 0 aliphatic carbocycles. The Morgan fingerprint density at radius 2 is 1.62 bits per heavy atom. The Morgan fingerprint density at radius 1 is 0.969 bits per heavy atom. The Labute approximate surface area is 191 Å². The fourth-order valence-electron chi connectivity index (χ4n) is 2.59. The molecule has 0 aliphatic rings. The van der Waals surface area contributed by atoms with Crippen molar-refractivity contribution in [3.8, 4) is 0 Å². The number of halogens is 1. The number of nitrogens with one attached hydrogen (secondary N) is 1. The minimum Gasteiger partial charge on any atom is -0.454 e. The number of nitro groups is 1. The molecule has 0 aliphatic heterocycles. The van der Waals surface area contributed by atoms with Crippen LogP contribution in [0.2, 0.25) is 0 Å². The zero-order chi connectivity index (χ0) is 23.3. The molecule has 0 amide bonds. The molecule has 11 heteroatoms. The first kappa shape index (κ1) is 23.1. The van der Waals surface area contributed by atoms with Gasteiger partial charge in [-0.3, -0.25) is 19.6 Å². The predicted molar refractivity (Wildman–Crippen MR) is 119 cm³/mol. The van der Waals surface area contributed by atoms with Gasteiger partial charge < -0.3 is 4.74 Å². The van der Waals surface area contributed by atoms with Crippen molar-refractivity contribution in [3.05, 3.63) is 98.5 Å². The van der Waals surface area contributed by atoms with Crippen molar-refractivity contribution in [2.24, 2.45) is 0 Å². The molecule has 9 nitrogen and oxygen atoms in total. The van der Waals surface area contributed by atoms with E-state index in [0.717, 1.165) is 10.5 Å². The van der Waals surface area contributed by atoms with E-state index in [2.05, 4.69) is 20.7 Å². The number of hydrogen-bond donors (Lipinski definition) is 1. The van der Waals surface area contributed by atoms with Crippen LogP contribution in [0.4, 0.5) is 11.4 Å². The molecular formula is C21H15BrN2O7S. The van der Waals surface area contributed by atoms with Gasteiger partial charge in [0.1, 0.15) is 0 Å². The third-order valence-electron chi connectivity index (χ3n) is 4.21. The van der Waals surface area contributed by atoms with E-state index in [1.165, 1.54) is 54.6 Å². The van der Waals surface area contributed by atoms with E-state index in [-0.39, 0.29) is 27.4 Å². The van der Waals surface area contributed by atoms with Gasteiger partial charge in [-0.1, -0.05) is 28.1 Å². The Hall–Kier alpha value is -3.57. The lowest BCUT2D eigenvalue weighted by Gasteiger charge is -2.09. The summed E-state index contributed by atoms with van der Waals surface area (Å²) in [5.74, 6) is -1.40. The van der Waals surface area contributed by atoms with Crippen LogP contribution in [-0.2, 0) is 14.8 Å². The molecule has 0 saturated carbocycles. The van der Waals surface area contributed by atoms with Crippen molar-refractivity contribution >= 4 is 49.1 Å². The van der Waals surface area contributed by atoms with Crippen molar-refractivity contribution in [2.75, 3.05) is 11.3 Å². The summed E-state index contributed by atoms with van der Waals surface area (Å²) in [6.07, 6.45) is 0. The molecule has 3 aromatic rings. The van der Waals surface area contributed by atoms with E-state index in [1.807, 2.05) is 0 Å². The highest BCUT2D eigenvalue weighted by molar-refractivity contribution is 9.10. The molecule has 0 unspecified atom stereocenters. The van der Waals surface area contributed by atoms with Crippen LogP contribution in [-0.4, -0.2) is 31.7 Å². The fourth-order valence-corrected chi connectivity index (χ4v) is 3.92. The first-order chi connectivity index (χ1) is 15.2. The summed E-state index contributed by atoms with van der Waals surface area (Å²) in [5.41, 5.74) is 0.133. The SMILES string of the molecule is O=C(COC(=O)c1ccc(NS(=O)(=O)c2ccc(Br)cc2)cc1)c1cccc([N+](=O)[O-])c1. The zero-order valence-electron chi connectivity index (χ0n) is 16.2. The van der Waals surface area contributed by atoms with Gasteiger partial charge >= 0.3 is 5.97 Å². The Kier molecular flexibility index (Phi) is 7.01. The quantitative estimate of drug-likeness (QED) is 0.204. The summed E-state index contributed by atoms with van der Waals surface area (Å²) >= 11 is 3.24. The number of Topliss-reactive ketones (excluding diaryl/α,β-unsaturated/α-hetero) is 1. The lowest BCUT2D eigenvalue weighted by Crippen LogP contribution is -2.15. The molecule has 0 fully saturated rings. The first-order valence-electron chi connectivity index (χ1n) is 8.99. The van der Waals surface area contributed by atoms with E-state index in [4.69, 9.17) is 4.74 Å². The first-order valence-corrected chi connectivity index (χ1v) is 11.3. The van der Waals surface area contributed by atoms with E-state index < -0.39 is 33.3 Å². The normalized spacial score (nSPS) is 10.9. The number of sulfonamides is 1. The van der Waals surface area contributed by atoms with Crippen molar-refractivity contribution < 1.29 is 27.7 Å². The molecule has 0 heterocycles. The third-order valence-corrected chi connectivity index (χ3v) is 6.14. The maximum absolute atomic E-state index is 12.4. The number of nitro benzene ring substituents is 1. The molecule has 0 atom stereocenters. The van der Waals surface area contributed by atoms with Gasteiger partial charge in [0.2, 0.25) is 5.78 Å². The Morgan fingerprint density at radius 3 is 2.25 bits per heavy atom. The van der Waals surface area contributed by atoms with Crippen LogP contribution in [0.1, 0.15) is 20.7 Å². The Bertz CT molecular complexity index is 1270. The standard InChI is InChI=1S/C21H15BrN2O7S/c22-16-6-10-19(11-7-16)32(29,30)23-17-8-4-14(5-9-17)21(26)31-13-20(25)15-2-1-3-18(12-15)24(27)28/h1-12,23H,13H2. The number of rotatable bonds is 8. The van der Waals surface area contributed by atoms with Gasteiger partial charge in [-0.25, -0.2) is 13.2 Å². The van der Waals surface area contributed by atoms with Crippen LogP contribution in [0.25, 0.3) is 0 Å². The van der Waals surface area contributed by atoms with Gasteiger partial charge in [0.05, 0.1) is 15.4 Å². The molecule has 0 radical (unpaired) electrons. The maximum atomic E-state index is 12.4. The van der Waals surface area contributed by atoms with E-state index in [1.54, 1.807) is 12.1 Å². The van der Waals surface area contributed by atoms with Crippen molar-refractivity contribution in [3.63, 3.8) is 0 Å². The summed E-state index contributed by atoms with van der Waals surface area (Å²) in [7, 11) is -3.80. The monoisotopic (exact) mass is 518 g/mol. The summed E-state index contributed by atoms with van der Waals surface area (Å²) in [5, 5.41) is 10.8. The van der Waals surface area contributed by atoms with Gasteiger partial charge in [-0.2, -0.15) is 0 Å². The molecule has 0 bridgehead atoms. The molecule has 3 aromatic carbocycles. The largest absolute Gasteiger partial charge is 0.454 e. The van der Waals surface area contributed by atoms with E-state index in [0.29, 0.717) is 0 Å².